The van der Waals surface area contributed by atoms with Crippen LogP contribution in [-0.2, 0) is 4.74 Å². The number of nitrogens with two attached hydrogens (primary N) is 1. The lowest BCUT2D eigenvalue weighted by Gasteiger charge is -2.16. The van der Waals surface area contributed by atoms with Gasteiger partial charge in [-0.15, -0.1) is 0 Å². The SMILES string of the molecule is CCCC(CCCC(=O)c1ccc(-c2ccc(F)cc2)cc1)CN=Cc1c(N)ccc(C(=O)NCCOC)c1OC(F)F. The summed E-state index contributed by atoms with van der Waals surface area (Å²) < 4.78 is 49.4. The van der Waals surface area contributed by atoms with E-state index in [9.17, 15) is 22.8 Å². The molecule has 7 nitrogen and oxygen atoms in total. The highest BCUT2D eigenvalue weighted by Crippen LogP contribution is 2.30. The summed E-state index contributed by atoms with van der Waals surface area (Å²) in [5, 5.41) is 2.59. The van der Waals surface area contributed by atoms with Crippen LogP contribution in [0.25, 0.3) is 11.1 Å². The van der Waals surface area contributed by atoms with Crippen LogP contribution in [0.3, 0.4) is 0 Å². The third kappa shape index (κ3) is 10.2. The van der Waals surface area contributed by atoms with E-state index >= 15 is 0 Å². The van der Waals surface area contributed by atoms with Crippen molar-refractivity contribution in [1.82, 2.24) is 5.32 Å². The van der Waals surface area contributed by atoms with Gasteiger partial charge in [0.1, 0.15) is 11.6 Å². The van der Waals surface area contributed by atoms with Crippen LogP contribution < -0.4 is 15.8 Å². The maximum Gasteiger partial charge on any atom is 0.387 e. The molecule has 0 saturated heterocycles. The number of ether oxygens (including phenoxy) is 2. The fraction of sp³-hybridized carbons (Fsp3) is 0.364. The van der Waals surface area contributed by atoms with E-state index in [4.69, 9.17) is 15.2 Å². The average molecular weight is 598 g/mol. The number of aliphatic imine (C=N–C) groups is 1. The molecule has 0 heterocycles. The topological polar surface area (TPSA) is 103 Å². The third-order valence-electron chi connectivity index (χ3n) is 6.95. The quantitative estimate of drug-likeness (QED) is 0.0760. The zero-order chi connectivity index (χ0) is 31.2. The van der Waals surface area contributed by atoms with Gasteiger partial charge in [0, 0.05) is 44.1 Å². The Bertz CT molecular complexity index is 1360. The van der Waals surface area contributed by atoms with Gasteiger partial charge in [-0.05, 0) is 60.6 Å². The van der Waals surface area contributed by atoms with Gasteiger partial charge in [0.15, 0.2) is 5.78 Å². The van der Waals surface area contributed by atoms with Gasteiger partial charge in [-0.1, -0.05) is 49.7 Å². The molecular weight excluding hydrogens is 559 g/mol. The molecule has 3 N–H and O–H groups in total. The van der Waals surface area contributed by atoms with Crippen molar-refractivity contribution in [2.45, 2.75) is 45.6 Å². The fourth-order valence-electron chi connectivity index (χ4n) is 4.72. The minimum atomic E-state index is -3.16. The second kappa shape index (κ2) is 17.1. The number of hydrogen-bond donors (Lipinski definition) is 2. The molecular formula is C33H38F3N3O4. The molecule has 0 aliphatic rings. The number of nitrogens with zero attached hydrogens (tertiary/aromatic N) is 1. The summed E-state index contributed by atoms with van der Waals surface area (Å²) in [5.41, 5.74) is 8.62. The Morgan fingerprint density at radius 2 is 1.67 bits per heavy atom. The second-order valence-corrected chi connectivity index (χ2v) is 10.1. The number of nitrogen functional groups attached to an aromatic ring is 1. The second-order valence-electron chi connectivity index (χ2n) is 10.1. The number of anilines is 1. The Hall–Kier alpha value is -4.18. The minimum Gasteiger partial charge on any atom is -0.433 e. The Morgan fingerprint density at radius 1 is 1.00 bits per heavy atom. The maximum atomic E-state index is 13.3. The molecule has 1 amide bonds. The number of carbonyl (C=O) groups excluding carboxylic acids is 2. The van der Waals surface area contributed by atoms with Crippen molar-refractivity contribution in [2.24, 2.45) is 10.9 Å². The van der Waals surface area contributed by atoms with Crippen LogP contribution in [0.5, 0.6) is 5.75 Å². The van der Waals surface area contributed by atoms with Gasteiger partial charge in [-0.3, -0.25) is 14.6 Å². The van der Waals surface area contributed by atoms with E-state index in [0.29, 0.717) is 24.9 Å². The number of amides is 1. The van der Waals surface area contributed by atoms with Crippen LogP contribution in [0.4, 0.5) is 18.9 Å². The van der Waals surface area contributed by atoms with Crippen LogP contribution in [0.15, 0.2) is 65.7 Å². The molecule has 0 aromatic heterocycles. The lowest BCUT2D eigenvalue weighted by Crippen LogP contribution is -2.28. The zero-order valence-corrected chi connectivity index (χ0v) is 24.5. The number of benzene rings is 3. The molecule has 0 saturated carbocycles. The molecule has 0 aliphatic carbocycles. The van der Waals surface area contributed by atoms with E-state index < -0.39 is 12.5 Å². The number of methoxy groups -OCH3 is 1. The van der Waals surface area contributed by atoms with Gasteiger partial charge in [0.2, 0.25) is 0 Å². The molecule has 10 heteroatoms. The number of halogens is 3. The van der Waals surface area contributed by atoms with Crippen molar-refractivity contribution in [3.63, 3.8) is 0 Å². The van der Waals surface area contributed by atoms with Gasteiger partial charge >= 0.3 is 6.61 Å². The van der Waals surface area contributed by atoms with Crippen molar-refractivity contribution in [3.05, 3.63) is 83.2 Å². The largest absolute Gasteiger partial charge is 0.433 e. The molecule has 0 spiro atoms. The van der Waals surface area contributed by atoms with E-state index in [0.717, 1.165) is 30.4 Å². The highest BCUT2D eigenvalue weighted by Gasteiger charge is 2.21. The van der Waals surface area contributed by atoms with Crippen LogP contribution >= 0.6 is 0 Å². The Balaban J connectivity index is 1.62. The Labute approximate surface area is 250 Å². The number of alkyl halides is 2. The summed E-state index contributed by atoms with van der Waals surface area (Å²) in [6.07, 6.45) is 4.95. The van der Waals surface area contributed by atoms with Gasteiger partial charge < -0.3 is 20.5 Å². The van der Waals surface area contributed by atoms with E-state index in [1.807, 2.05) is 12.1 Å². The monoisotopic (exact) mass is 597 g/mol. The maximum absolute atomic E-state index is 13.3. The van der Waals surface area contributed by atoms with E-state index in [1.165, 1.54) is 37.6 Å². The first-order valence-corrected chi connectivity index (χ1v) is 14.3. The number of Topliss-reactive ketones (excluding diaryl/α,β-unsaturated/α-hetero) is 1. The molecule has 1 atom stereocenters. The molecule has 3 aromatic rings. The van der Waals surface area contributed by atoms with E-state index in [1.54, 1.807) is 24.3 Å². The predicted molar refractivity (Wildman–Crippen MR) is 163 cm³/mol. The molecule has 0 fully saturated rings. The Morgan fingerprint density at radius 3 is 2.30 bits per heavy atom. The van der Waals surface area contributed by atoms with Gasteiger partial charge in [-0.2, -0.15) is 8.78 Å². The highest BCUT2D eigenvalue weighted by atomic mass is 19.3. The first kappa shape index (κ1) is 33.3. The summed E-state index contributed by atoms with van der Waals surface area (Å²) in [5.74, 6) is -1.04. The van der Waals surface area contributed by atoms with Crippen molar-refractivity contribution in [1.29, 1.82) is 0 Å². The Kier molecular flexibility index (Phi) is 13.2. The van der Waals surface area contributed by atoms with Crippen molar-refractivity contribution in [3.8, 4) is 16.9 Å². The number of rotatable bonds is 17. The van der Waals surface area contributed by atoms with Crippen LogP contribution in [0.2, 0.25) is 0 Å². The van der Waals surface area contributed by atoms with E-state index in [-0.39, 0.29) is 53.2 Å². The van der Waals surface area contributed by atoms with Crippen molar-refractivity contribution < 1.29 is 32.2 Å². The van der Waals surface area contributed by atoms with Crippen LogP contribution in [-0.4, -0.2) is 51.3 Å². The molecule has 43 heavy (non-hydrogen) atoms. The predicted octanol–water partition coefficient (Wildman–Crippen LogP) is 6.94. The lowest BCUT2D eigenvalue weighted by molar-refractivity contribution is -0.0502. The average Bonchev–Trinajstić information content (AvgIpc) is 2.99. The molecule has 1 unspecified atom stereocenters. The first-order valence-electron chi connectivity index (χ1n) is 14.3. The van der Waals surface area contributed by atoms with Crippen molar-refractivity contribution in [2.75, 3.05) is 32.5 Å². The number of hydrogen-bond acceptors (Lipinski definition) is 6. The van der Waals surface area contributed by atoms with E-state index in [2.05, 4.69) is 17.2 Å². The molecule has 0 bridgehead atoms. The summed E-state index contributed by atoms with van der Waals surface area (Å²) in [4.78, 5) is 29.9. The standard InChI is InChI=1S/C33H38F3N3O4/c1-3-5-22(6-4-7-30(40)25-10-8-23(9-11-25)24-12-14-26(34)15-13-24)20-38-21-28-29(37)17-16-27(31(28)43-33(35)36)32(41)39-18-19-42-2/h8-17,21-22,33H,3-7,18-20,37H2,1-2H3,(H,39,41). The summed E-state index contributed by atoms with van der Waals surface area (Å²) in [6.45, 7) is -0.257. The van der Waals surface area contributed by atoms with Crippen LogP contribution in [0, 0.1) is 11.7 Å². The number of ketones is 1. The normalized spacial score (nSPS) is 12.0. The first-order chi connectivity index (χ1) is 20.7. The number of carbonyl (C=O) groups is 2. The summed E-state index contributed by atoms with van der Waals surface area (Å²) >= 11 is 0. The van der Waals surface area contributed by atoms with Crippen molar-refractivity contribution >= 4 is 23.6 Å². The molecule has 230 valence electrons. The van der Waals surface area contributed by atoms with Gasteiger partial charge in [-0.25, -0.2) is 4.39 Å². The third-order valence-corrected chi connectivity index (χ3v) is 6.95. The van der Waals surface area contributed by atoms with Gasteiger partial charge in [0.05, 0.1) is 17.7 Å². The highest BCUT2D eigenvalue weighted by molar-refractivity contribution is 6.02. The molecule has 0 radical (unpaired) electrons. The minimum absolute atomic E-state index is 0.0339. The zero-order valence-electron chi connectivity index (χ0n) is 24.5. The smallest absolute Gasteiger partial charge is 0.387 e. The molecule has 3 rings (SSSR count). The molecule has 0 aliphatic heterocycles. The summed E-state index contributed by atoms with van der Waals surface area (Å²) in [6, 6.07) is 16.2. The molecule has 3 aromatic carbocycles. The van der Waals surface area contributed by atoms with Crippen LogP contribution in [0.1, 0.15) is 65.3 Å². The fourth-order valence-corrected chi connectivity index (χ4v) is 4.72. The van der Waals surface area contributed by atoms with Gasteiger partial charge in [0.25, 0.3) is 5.91 Å². The lowest BCUT2D eigenvalue weighted by atomic mass is 9.94. The number of nitrogens with one attached hydrogen (secondary N) is 1. The summed E-state index contributed by atoms with van der Waals surface area (Å²) in [7, 11) is 1.48.